The summed E-state index contributed by atoms with van der Waals surface area (Å²) >= 11 is 0. The molecule has 0 heterocycles. The largest absolute Gasteiger partial charge is 0.512 e. The fourth-order valence-corrected chi connectivity index (χ4v) is 1.29. The number of rotatable bonds is 2. The van der Waals surface area contributed by atoms with E-state index in [2.05, 4.69) is 19.9 Å². The van der Waals surface area contributed by atoms with Crippen molar-refractivity contribution in [1.29, 1.82) is 0 Å². The average molecular weight is 152 g/mol. The fourth-order valence-electron chi connectivity index (χ4n) is 1.29. The van der Waals surface area contributed by atoms with Gasteiger partial charge in [-0.1, -0.05) is 19.9 Å². The molecule has 0 aromatic carbocycles. The predicted octanol–water partition coefficient (Wildman–Crippen LogP) is 3.19. The van der Waals surface area contributed by atoms with Crippen LogP contribution in [0.25, 0.3) is 0 Å². The number of aliphatic hydroxyl groups is 1. The highest BCUT2D eigenvalue weighted by molar-refractivity contribution is 5.26. The Morgan fingerprint density at radius 1 is 1.64 bits per heavy atom. The average Bonchev–Trinajstić information content (AvgIpc) is 2.03. The molecule has 1 N–H and O–H groups in total. The van der Waals surface area contributed by atoms with E-state index in [9.17, 15) is 5.11 Å². The van der Waals surface area contributed by atoms with E-state index in [0.29, 0.717) is 11.7 Å². The molecule has 0 aromatic rings. The molecule has 0 amide bonds. The molecule has 1 atom stereocenters. The van der Waals surface area contributed by atoms with Gasteiger partial charge in [0.25, 0.3) is 0 Å². The first-order valence-electron chi connectivity index (χ1n) is 4.33. The van der Waals surface area contributed by atoms with Gasteiger partial charge in [0, 0.05) is 6.42 Å². The van der Waals surface area contributed by atoms with Crippen molar-refractivity contribution in [2.45, 2.75) is 33.1 Å². The third kappa shape index (κ3) is 2.11. The summed E-state index contributed by atoms with van der Waals surface area (Å²) in [6.45, 7) is 4.37. The molecule has 11 heavy (non-hydrogen) atoms. The van der Waals surface area contributed by atoms with Gasteiger partial charge in [-0.3, -0.25) is 0 Å². The van der Waals surface area contributed by atoms with E-state index < -0.39 is 0 Å². The van der Waals surface area contributed by atoms with E-state index in [4.69, 9.17) is 0 Å². The number of hydrogen-bond donors (Lipinski definition) is 1. The molecule has 0 saturated heterocycles. The zero-order chi connectivity index (χ0) is 8.27. The first-order valence-corrected chi connectivity index (χ1v) is 4.33. The van der Waals surface area contributed by atoms with E-state index >= 15 is 0 Å². The smallest absolute Gasteiger partial charge is 0.0928 e. The normalized spacial score (nSPS) is 20.5. The molecule has 0 spiro atoms. The van der Waals surface area contributed by atoms with Crippen molar-refractivity contribution < 1.29 is 5.11 Å². The molecule has 62 valence electrons. The Morgan fingerprint density at radius 2 is 2.36 bits per heavy atom. The van der Waals surface area contributed by atoms with Crippen LogP contribution in [0.5, 0.6) is 0 Å². The van der Waals surface area contributed by atoms with Crippen LogP contribution in [0.4, 0.5) is 0 Å². The lowest BCUT2D eigenvalue weighted by molar-refractivity contribution is 0.384. The third-order valence-corrected chi connectivity index (χ3v) is 2.30. The minimum absolute atomic E-state index is 0.544. The maximum absolute atomic E-state index is 9.24. The molecule has 1 aliphatic carbocycles. The van der Waals surface area contributed by atoms with E-state index in [0.717, 1.165) is 19.3 Å². The first-order chi connectivity index (χ1) is 5.24. The summed E-state index contributed by atoms with van der Waals surface area (Å²) in [5.41, 5.74) is 1.30. The van der Waals surface area contributed by atoms with Gasteiger partial charge in [-0.05, 0) is 30.4 Å². The molecule has 0 bridgehead atoms. The van der Waals surface area contributed by atoms with Gasteiger partial charge in [0.15, 0.2) is 0 Å². The van der Waals surface area contributed by atoms with Crippen molar-refractivity contribution in [2.24, 2.45) is 5.92 Å². The zero-order valence-electron chi connectivity index (χ0n) is 7.30. The predicted molar refractivity (Wildman–Crippen MR) is 47.5 cm³/mol. The van der Waals surface area contributed by atoms with Gasteiger partial charge >= 0.3 is 0 Å². The first kappa shape index (κ1) is 8.38. The SMILES string of the molecule is CCC(C)C1=CCCC(O)=C1. The second kappa shape index (κ2) is 3.61. The minimum Gasteiger partial charge on any atom is -0.512 e. The standard InChI is InChI=1S/C10H16O/c1-3-8(2)9-5-4-6-10(11)7-9/h5,7-8,11H,3-4,6H2,1-2H3. The Kier molecular flexibility index (Phi) is 2.75. The molecule has 1 rings (SSSR count). The highest BCUT2D eigenvalue weighted by Crippen LogP contribution is 2.23. The quantitative estimate of drug-likeness (QED) is 0.644. The van der Waals surface area contributed by atoms with Crippen LogP contribution in [-0.2, 0) is 0 Å². The van der Waals surface area contributed by atoms with Crippen molar-refractivity contribution in [1.82, 2.24) is 0 Å². The summed E-state index contributed by atoms with van der Waals surface area (Å²) < 4.78 is 0. The molecular formula is C10H16O. The molecule has 0 radical (unpaired) electrons. The number of aliphatic hydroxyl groups excluding tert-OH is 1. The second-order valence-corrected chi connectivity index (χ2v) is 3.19. The van der Waals surface area contributed by atoms with Crippen LogP contribution in [0, 0.1) is 5.92 Å². The summed E-state index contributed by atoms with van der Waals surface area (Å²) in [7, 11) is 0. The Balaban J connectivity index is 2.65. The van der Waals surface area contributed by atoms with Gasteiger partial charge in [0.05, 0.1) is 5.76 Å². The minimum atomic E-state index is 0.544. The van der Waals surface area contributed by atoms with E-state index in [1.54, 1.807) is 0 Å². The lowest BCUT2D eigenvalue weighted by Gasteiger charge is -2.14. The molecule has 1 aliphatic rings. The zero-order valence-corrected chi connectivity index (χ0v) is 7.30. The van der Waals surface area contributed by atoms with Crippen molar-refractivity contribution in [3.05, 3.63) is 23.5 Å². The maximum atomic E-state index is 9.24. The van der Waals surface area contributed by atoms with Crippen LogP contribution < -0.4 is 0 Å². The van der Waals surface area contributed by atoms with E-state index in [-0.39, 0.29) is 0 Å². The van der Waals surface area contributed by atoms with Gasteiger partial charge < -0.3 is 5.11 Å². The van der Waals surface area contributed by atoms with Crippen molar-refractivity contribution >= 4 is 0 Å². The summed E-state index contributed by atoms with van der Waals surface area (Å²) in [5.74, 6) is 1.14. The monoisotopic (exact) mass is 152 g/mol. The Labute approximate surface area is 68.4 Å². The lowest BCUT2D eigenvalue weighted by Crippen LogP contribution is -2.00. The van der Waals surface area contributed by atoms with Crippen LogP contribution in [0.3, 0.4) is 0 Å². The molecule has 1 nitrogen and oxygen atoms in total. The van der Waals surface area contributed by atoms with Crippen molar-refractivity contribution in [2.75, 3.05) is 0 Å². The van der Waals surface area contributed by atoms with Gasteiger partial charge in [0.2, 0.25) is 0 Å². The lowest BCUT2D eigenvalue weighted by atomic mass is 9.93. The highest BCUT2D eigenvalue weighted by atomic mass is 16.3. The highest BCUT2D eigenvalue weighted by Gasteiger charge is 2.08. The molecule has 1 heteroatoms. The maximum Gasteiger partial charge on any atom is 0.0928 e. The van der Waals surface area contributed by atoms with Crippen molar-refractivity contribution in [3.63, 3.8) is 0 Å². The van der Waals surface area contributed by atoms with Gasteiger partial charge in [-0.15, -0.1) is 0 Å². The topological polar surface area (TPSA) is 20.2 Å². The van der Waals surface area contributed by atoms with Gasteiger partial charge in [0.1, 0.15) is 0 Å². The van der Waals surface area contributed by atoms with E-state index in [1.165, 1.54) is 5.57 Å². The summed E-state index contributed by atoms with van der Waals surface area (Å²) in [4.78, 5) is 0. The molecular weight excluding hydrogens is 136 g/mol. The summed E-state index contributed by atoms with van der Waals surface area (Å²) in [6.07, 6.45) is 7.11. The van der Waals surface area contributed by atoms with E-state index in [1.807, 2.05) is 6.08 Å². The Hall–Kier alpha value is -0.720. The van der Waals surface area contributed by atoms with Crippen LogP contribution in [0.15, 0.2) is 23.5 Å². The Morgan fingerprint density at radius 3 is 2.91 bits per heavy atom. The van der Waals surface area contributed by atoms with Gasteiger partial charge in [-0.25, -0.2) is 0 Å². The third-order valence-electron chi connectivity index (χ3n) is 2.30. The molecule has 0 fully saturated rings. The van der Waals surface area contributed by atoms with Crippen LogP contribution >= 0.6 is 0 Å². The van der Waals surface area contributed by atoms with Crippen molar-refractivity contribution in [3.8, 4) is 0 Å². The summed E-state index contributed by atoms with van der Waals surface area (Å²) in [5, 5.41) is 9.24. The summed E-state index contributed by atoms with van der Waals surface area (Å²) in [6, 6.07) is 0. The van der Waals surface area contributed by atoms with Crippen LogP contribution in [-0.4, -0.2) is 5.11 Å². The molecule has 1 unspecified atom stereocenters. The number of hydrogen-bond acceptors (Lipinski definition) is 1. The van der Waals surface area contributed by atoms with Crippen LogP contribution in [0.1, 0.15) is 33.1 Å². The molecule has 0 saturated carbocycles. The molecule has 0 aliphatic heterocycles. The van der Waals surface area contributed by atoms with Crippen LogP contribution in [0.2, 0.25) is 0 Å². The molecule has 0 aromatic heterocycles. The van der Waals surface area contributed by atoms with Gasteiger partial charge in [-0.2, -0.15) is 0 Å². The Bertz CT molecular complexity index is 189. The second-order valence-electron chi connectivity index (χ2n) is 3.19. The number of allylic oxidation sites excluding steroid dienone is 4. The fraction of sp³-hybridized carbons (Fsp3) is 0.600.